The molecule has 0 radical (unpaired) electrons. The lowest BCUT2D eigenvalue weighted by Gasteiger charge is -2.11. The second-order valence-electron chi connectivity index (χ2n) is 7.59. The van der Waals surface area contributed by atoms with Crippen LogP contribution >= 0.6 is 11.3 Å². The number of thiophene rings is 1. The van der Waals surface area contributed by atoms with Crippen molar-refractivity contribution in [3.8, 4) is 11.4 Å². The Hall–Kier alpha value is -4.07. The number of sulfonamides is 1. The number of nitrogens with zero attached hydrogens (tertiary/aromatic N) is 2. The van der Waals surface area contributed by atoms with Gasteiger partial charge in [0.05, 0.1) is 29.2 Å². The van der Waals surface area contributed by atoms with E-state index in [2.05, 4.69) is 10.4 Å². The number of fused-ring (bicyclic) bond motifs is 1. The predicted molar refractivity (Wildman–Crippen MR) is 138 cm³/mol. The van der Waals surface area contributed by atoms with Crippen molar-refractivity contribution in [2.24, 2.45) is 5.14 Å². The monoisotopic (exact) mass is 542 g/mol. The van der Waals surface area contributed by atoms with Gasteiger partial charge in [-0.25, -0.2) is 18.4 Å². The Morgan fingerprint density at radius 1 is 1.05 bits per heavy atom. The van der Waals surface area contributed by atoms with E-state index in [4.69, 9.17) is 14.6 Å². The second-order valence-corrected chi connectivity index (χ2v) is 10.0. The molecule has 0 fully saturated rings. The summed E-state index contributed by atoms with van der Waals surface area (Å²) in [6, 6.07) is 11.6. The maximum absolute atomic E-state index is 13.5. The highest BCUT2D eigenvalue weighted by Crippen LogP contribution is 2.31. The minimum absolute atomic E-state index is 0.0754. The summed E-state index contributed by atoms with van der Waals surface area (Å²) in [6.45, 7) is 4.07. The van der Waals surface area contributed by atoms with Crippen molar-refractivity contribution in [1.82, 2.24) is 9.78 Å². The van der Waals surface area contributed by atoms with E-state index in [0.717, 1.165) is 16.0 Å². The number of nitrogens with one attached hydrogen (secondary N) is 1. The molecule has 0 saturated heterocycles. The number of nitrogens with two attached hydrogens (primary N) is 1. The molecule has 4 aromatic rings. The predicted octanol–water partition coefficient (Wildman–Crippen LogP) is 2.92. The molecule has 13 heteroatoms. The largest absolute Gasteiger partial charge is 0.494 e. The van der Waals surface area contributed by atoms with Crippen molar-refractivity contribution >= 4 is 49.0 Å². The average Bonchev–Trinajstić information content (AvgIpc) is 3.29. The molecule has 0 atom stereocenters. The van der Waals surface area contributed by atoms with Gasteiger partial charge in [0.25, 0.3) is 11.5 Å². The summed E-state index contributed by atoms with van der Waals surface area (Å²) in [5, 5.41) is 14.1. The normalized spacial score (nSPS) is 11.3. The minimum Gasteiger partial charge on any atom is -0.494 e. The molecule has 0 saturated carbocycles. The van der Waals surface area contributed by atoms with Crippen molar-refractivity contribution in [2.75, 3.05) is 18.5 Å². The van der Waals surface area contributed by atoms with Crippen LogP contribution in [0.15, 0.2) is 63.6 Å². The molecule has 192 valence electrons. The molecule has 2 aromatic carbocycles. The number of aromatic nitrogens is 2. The first-order chi connectivity index (χ1) is 17.6. The molecule has 0 bridgehead atoms. The third-order valence-electron chi connectivity index (χ3n) is 5.19. The molecule has 3 N–H and O–H groups in total. The molecule has 1 amide bonds. The van der Waals surface area contributed by atoms with Crippen LogP contribution in [-0.4, -0.2) is 43.3 Å². The zero-order chi connectivity index (χ0) is 26.7. The molecule has 37 heavy (non-hydrogen) atoms. The molecule has 2 heterocycles. The van der Waals surface area contributed by atoms with Crippen LogP contribution in [0.2, 0.25) is 0 Å². The summed E-state index contributed by atoms with van der Waals surface area (Å²) in [4.78, 5) is 39.0. The van der Waals surface area contributed by atoms with Crippen molar-refractivity contribution in [1.29, 1.82) is 0 Å². The van der Waals surface area contributed by atoms with Gasteiger partial charge in [-0.15, -0.1) is 11.3 Å². The smallest absolute Gasteiger partial charge is 0.359 e. The highest BCUT2D eigenvalue weighted by atomic mass is 32.2. The van der Waals surface area contributed by atoms with Gasteiger partial charge in [-0.05, 0) is 62.4 Å². The van der Waals surface area contributed by atoms with Crippen LogP contribution in [0, 0.1) is 0 Å². The highest BCUT2D eigenvalue weighted by molar-refractivity contribution is 7.89. The number of hydrogen-bond donors (Lipinski definition) is 2. The maximum atomic E-state index is 13.5. The zero-order valence-electron chi connectivity index (χ0n) is 19.8. The van der Waals surface area contributed by atoms with Gasteiger partial charge >= 0.3 is 5.97 Å². The first-order valence-electron chi connectivity index (χ1n) is 11.0. The fourth-order valence-corrected chi connectivity index (χ4v) is 4.94. The standard InChI is InChI=1S/C24H22N4O7S2/c1-3-34-16-9-7-15(8-10-16)28-23(30)19-18(20(27-28)24(31)35-4-2)13-36-22(19)26-21(29)14-5-11-17(12-6-14)37(25,32)33/h5-13H,3-4H2,1-2H3,(H,26,29)(H2,25,32,33). The van der Waals surface area contributed by atoms with Crippen molar-refractivity contribution in [3.63, 3.8) is 0 Å². The maximum Gasteiger partial charge on any atom is 0.359 e. The fraction of sp³-hybridized carbons (Fsp3) is 0.167. The first kappa shape index (κ1) is 26.0. The topological polar surface area (TPSA) is 160 Å². The van der Waals surface area contributed by atoms with E-state index in [1.54, 1.807) is 31.2 Å². The van der Waals surface area contributed by atoms with Gasteiger partial charge in [-0.2, -0.15) is 9.78 Å². The lowest BCUT2D eigenvalue weighted by atomic mass is 10.2. The number of esters is 1. The van der Waals surface area contributed by atoms with Gasteiger partial charge in [0.2, 0.25) is 10.0 Å². The summed E-state index contributed by atoms with van der Waals surface area (Å²) in [7, 11) is -3.92. The SMILES string of the molecule is CCOC(=O)c1nn(-c2ccc(OCC)cc2)c(=O)c2c(NC(=O)c3ccc(S(N)(=O)=O)cc3)scc12. The second kappa shape index (κ2) is 10.5. The van der Waals surface area contributed by atoms with Crippen molar-refractivity contribution in [3.05, 3.63) is 75.5 Å². The Balaban J connectivity index is 1.80. The number of amides is 1. The number of hydrogen-bond acceptors (Lipinski definition) is 9. The van der Waals surface area contributed by atoms with Crippen molar-refractivity contribution < 1.29 is 27.5 Å². The van der Waals surface area contributed by atoms with Crippen LogP contribution in [0.3, 0.4) is 0 Å². The number of benzene rings is 2. The van der Waals surface area contributed by atoms with E-state index < -0.39 is 27.5 Å². The summed E-state index contributed by atoms with van der Waals surface area (Å²) in [5.74, 6) is -0.712. The molecule has 0 aliphatic heterocycles. The number of primary sulfonamides is 1. The minimum atomic E-state index is -3.92. The zero-order valence-corrected chi connectivity index (χ0v) is 21.4. The third-order valence-corrected chi connectivity index (χ3v) is 7.01. The number of anilines is 1. The van der Waals surface area contributed by atoms with Crippen molar-refractivity contribution in [2.45, 2.75) is 18.7 Å². The van der Waals surface area contributed by atoms with Gasteiger partial charge < -0.3 is 14.8 Å². The summed E-state index contributed by atoms with van der Waals surface area (Å²) < 4.78 is 34.6. The molecule has 0 spiro atoms. The van der Waals surface area contributed by atoms with Gasteiger partial charge in [0.15, 0.2) is 5.69 Å². The Kier molecular flexibility index (Phi) is 7.38. The van der Waals surface area contributed by atoms with E-state index in [1.807, 2.05) is 6.92 Å². The van der Waals surface area contributed by atoms with Crippen LogP contribution < -0.4 is 20.8 Å². The van der Waals surface area contributed by atoms with Crippen LogP contribution in [0.5, 0.6) is 5.75 Å². The Labute approximate surface area is 215 Å². The molecule has 0 aliphatic carbocycles. The number of rotatable bonds is 8. The lowest BCUT2D eigenvalue weighted by molar-refractivity contribution is 0.0519. The molecule has 11 nitrogen and oxygen atoms in total. The molecule has 2 aromatic heterocycles. The molecule has 0 unspecified atom stereocenters. The Morgan fingerprint density at radius 3 is 2.32 bits per heavy atom. The first-order valence-corrected chi connectivity index (χ1v) is 13.5. The van der Waals surface area contributed by atoms with Crippen LogP contribution in [0.25, 0.3) is 16.5 Å². The quantitative estimate of drug-likeness (QED) is 0.322. The summed E-state index contributed by atoms with van der Waals surface area (Å²) >= 11 is 1.04. The van der Waals surface area contributed by atoms with Crippen LogP contribution in [0.1, 0.15) is 34.7 Å². The summed E-state index contributed by atoms with van der Waals surface area (Å²) in [5.41, 5.74) is -0.128. The van der Waals surface area contributed by atoms with Gasteiger partial charge in [-0.3, -0.25) is 9.59 Å². The highest BCUT2D eigenvalue weighted by Gasteiger charge is 2.23. The van der Waals surface area contributed by atoms with Gasteiger partial charge in [0, 0.05) is 16.3 Å². The Bertz CT molecular complexity index is 1640. The van der Waals surface area contributed by atoms with E-state index in [1.165, 1.54) is 29.6 Å². The Morgan fingerprint density at radius 2 is 1.73 bits per heavy atom. The number of carbonyl (C=O) groups is 2. The van der Waals surface area contributed by atoms with Crippen LogP contribution in [0.4, 0.5) is 5.00 Å². The summed E-state index contributed by atoms with van der Waals surface area (Å²) in [6.07, 6.45) is 0. The number of carbonyl (C=O) groups excluding carboxylic acids is 2. The van der Waals surface area contributed by atoms with E-state index in [0.29, 0.717) is 18.0 Å². The molecular weight excluding hydrogens is 520 g/mol. The fourth-order valence-electron chi connectivity index (χ4n) is 3.49. The molecular formula is C24H22N4O7S2. The molecule has 4 rings (SSSR count). The molecule has 0 aliphatic rings. The third kappa shape index (κ3) is 5.38. The average molecular weight is 543 g/mol. The number of ether oxygens (including phenoxy) is 2. The van der Waals surface area contributed by atoms with E-state index in [-0.39, 0.29) is 38.5 Å². The van der Waals surface area contributed by atoms with Gasteiger partial charge in [-0.1, -0.05) is 0 Å². The van der Waals surface area contributed by atoms with Gasteiger partial charge in [0.1, 0.15) is 10.8 Å². The lowest BCUT2D eigenvalue weighted by Crippen LogP contribution is -2.25. The van der Waals surface area contributed by atoms with E-state index in [9.17, 15) is 22.8 Å². The van der Waals surface area contributed by atoms with Crippen LogP contribution in [-0.2, 0) is 14.8 Å². The van der Waals surface area contributed by atoms with E-state index >= 15 is 0 Å².